The zero-order valence-corrected chi connectivity index (χ0v) is 10.7. The van der Waals surface area contributed by atoms with E-state index in [2.05, 4.69) is 6.92 Å². The maximum absolute atomic E-state index is 11.2. The van der Waals surface area contributed by atoms with Gasteiger partial charge in [-0.05, 0) is 6.42 Å². The molecule has 1 amide bonds. The number of carbonyl (C=O) groups excluding carboxylic acids is 1. The summed E-state index contributed by atoms with van der Waals surface area (Å²) in [6, 6.07) is 0. The maximum Gasteiger partial charge on any atom is 0.253 e. The summed E-state index contributed by atoms with van der Waals surface area (Å²) in [6.45, 7) is 3.76. The number of amides is 1. The molecule has 16 heavy (non-hydrogen) atoms. The average molecular weight is 227 g/mol. The molecule has 1 heterocycles. The van der Waals surface area contributed by atoms with E-state index in [0.29, 0.717) is 0 Å². The molecular weight excluding hydrogens is 202 g/mol. The van der Waals surface area contributed by atoms with Crippen molar-refractivity contribution in [1.29, 1.82) is 0 Å². The number of rotatable bonds is 9. The second kappa shape index (κ2) is 7.66. The van der Waals surface area contributed by atoms with Crippen LogP contribution in [-0.4, -0.2) is 37.1 Å². The van der Waals surface area contributed by atoms with Gasteiger partial charge in [-0.3, -0.25) is 4.79 Å². The molecule has 1 saturated heterocycles. The summed E-state index contributed by atoms with van der Waals surface area (Å²) in [5.74, 6) is 0.142. The lowest BCUT2D eigenvalue weighted by Crippen LogP contribution is -2.55. The van der Waals surface area contributed by atoms with E-state index in [1.165, 1.54) is 38.5 Å². The minimum atomic E-state index is -0.134. The molecule has 0 aromatic heterocycles. The van der Waals surface area contributed by atoms with E-state index in [4.69, 9.17) is 4.74 Å². The zero-order valence-electron chi connectivity index (χ0n) is 10.7. The second-order valence-corrected chi connectivity index (χ2v) is 4.70. The van der Waals surface area contributed by atoms with Gasteiger partial charge in [-0.15, -0.1) is 0 Å². The number of ether oxygens (including phenoxy) is 1. The number of likely N-dealkylation sites (N-methyl/N-ethyl adjacent to an activating group) is 1. The number of β-lactam (4-membered cyclic amide) rings is 1. The van der Waals surface area contributed by atoms with Crippen molar-refractivity contribution in [3.05, 3.63) is 0 Å². The van der Waals surface area contributed by atoms with E-state index in [9.17, 15) is 4.79 Å². The van der Waals surface area contributed by atoms with E-state index >= 15 is 0 Å². The molecule has 1 aliphatic heterocycles. The van der Waals surface area contributed by atoms with Crippen molar-refractivity contribution in [3.8, 4) is 0 Å². The minimum Gasteiger partial charge on any atom is -0.367 e. The normalized spacial score (nSPS) is 20.0. The van der Waals surface area contributed by atoms with Gasteiger partial charge in [0.2, 0.25) is 0 Å². The quantitative estimate of drug-likeness (QED) is 0.447. The summed E-state index contributed by atoms with van der Waals surface area (Å²) < 4.78 is 5.50. The first kappa shape index (κ1) is 13.5. The molecule has 3 heteroatoms. The monoisotopic (exact) mass is 227 g/mol. The van der Waals surface area contributed by atoms with Crippen molar-refractivity contribution in [2.45, 2.75) is 58.0 Å². The van der Waals surface area contributed by atoms with E-state index in [1.54, 1.807) is 4.90 Å². The van der Waals surface area contributed by atoms with E-state index in [-0.39, 0.29) is 12.0 Å². The van der Waals surface area contributed by atoms with Crippen LogP contribution in [-0.2, 0) is 9.53 Å². The molecule has 0 N–H and O–H groups in total. The predicted molar refractivity (Wildman–Crippen MR) is 65.4 cm³/mol. The van der Waals surface area contributed by atoms with Gasteiger partial charge in [0.15, 0.2) is 6.10 Å². The molecule has 1 aliphatic rings. The zero-order chi connectivity index (χ0) is 11.8. The van der Waals surface area contributed by atoms with Crippen molar-refractivity contribution in [3.63, 3.8) is 0 Å². The molecule has 0 aromatic rings. The van der Waals surface area contributed by atoms with Crippen LogP contribution in [0.5, 0.6) is 0 Å². The Hall–Kier alpha value is -0.570. The van der Waals surface area contributed by atoms with Gasteiger partial charge < -0.3 is 9.64 Å². The lowest BCUT2D eigenvalue weighted by molar-refractivity contribution is -0.159. The molecule has 3 nitrogen and oxygen atoms in total. The summed E-state index contributed by atoms with van der Waals surface area (Å²) in [5, 5.41) is 0. The molecule has 1 fully saturated rings. The SMILES string of the molecule is CCCCCCCCCOC1CN(C)C1=O. The summed E-state index contributed by atoms with van der Waals surface area (Å²) in [6.07, 6.45) is 8.88. The van der Waals surface area contributed by atoms with E-state index < -0.39 is 0 Å². The fourth-order valence-electron chi connectivity index (χ4n) is 1.96. The summed E-state index contributed by atoms with van der Waals surface area (Å²) in [5.41, 5.74) is 0. The highest BCUT2D eigenvalue weighted by molar-refractivity contribution is 5.86. The first-order valence-electron chi connectivity index (χ1n) is 6.62. The molecule has 0 radical (unpaired) electrons. The Morgan fingerprint density at radius 2 is 1.81 bits per heavy atom. The number of hydrogen-bond donors (Lipinski definition) is 0. The molecule has 94 valence electrons. The smallest absolute Gasteiger partial charge is 0.253 e. The standard InChI is InChI=1S/C13H25NO2/c1-3-4-5-6-7-8-9-10-16-12-11-14(2)13(12)15/h12H,3-11H2,1-2H3. The number of hydrogen-bond acceptors (Lipinski definition) is 2. The van der Waals surface area contributed by atoms with Crippen LogP contribution < -0.4 is 0 Å². The molecule has 0 bridgehead atoms. The molecule has 1 atom stereocenters. The molecule has 1 unspecified atom stereocenters. The van der Waals surface area contributed by atoms with Crippen LogP contribution in [0.1, 0.15) is 51.9 Å². The fourth-order valence-corrected chi connectivity index (χ4v) is 1.96. The van der Waals surface area contributed by atoms with Crippen molar-refractivity contribution < 1.29 is 9.53 Å². The van der Waals surface area contributed by atoms with Gasteiger partial charge in [0.25, 0.3) is 5.91 Å². The molecular formula is C13H25NO2. The molecule has 0 saturated carbocycles. The van der Waals surface area contributed by atoms with Gasteiger partial charge in [-0.2, -0.15) is 0 Å². The van der Waals surface area contributed by atoms with Gasteiger partial charge in [0.1, 0.15) is 0 Å². The van der Waals surface area contributed by atoms with Crippen LogP contribution in [0.4, 0.5) is 0 Å². The van der Waals surface area contributed by atoms with Gasteiger partial charge in [-0.1, -0.05) is 45.4 Å². The average Bonchev–Trinajstić information content (AvgIpc) is 2.30. The second-order valence-electron chi connectivity index (χ2n) is 4.70. The van der Waals surface area contributed by atoms with Crippen LogP contribution >= 0.6 is 0 Å². The molecule has 1 rings (SSSR count). The Labute approximate surface area is 99.1 Å². The van der Waals surface area contributed by atoms with Crippen molar-refractivity contribution in [1.82, 2.24) is 4.90 Å². The highest BCUT2D eigenvalue weighted by Gasteiger charge is 2.34. The number of nitrogens with zero attached hydrogens (tertiary/aromatic N) is 1. The first-order valence-corrected chi connectivity index (χ1v) is 6.62. The van der Waals surface area contributed by atoms with Gasteiger partial charge >= 0.3 is 0 Å². The van der Waals surface area contributed by atoms with Gasteiger partial charge in [0.05, 0.1) is 6.54 Å². The highest BCUT2D eigenvalue weighted by atomic mass is 16.5. The van der Waals surface area contributed by atoms with Gasteiger partial charge in [0, 0.05) is 13.7 Å². The van der Waals surface area contributed by atoms with Gasteiger partial charge in [-0.25, -0.2) is 0 Å². The third-order valence-corrected chi connectivity index (χ3v) is 3.16. The van der Waals surface area contributed by atoms with Crippen LogP contribution in [0.3, 0.4) is 0 Å². The molecule has 0 aromatic carbocycles. The highest BCUT2D eigenvalue weighted by Crippen LogP contribution is 2.12. The predicted octanol–water partition coefficient (Wildman–Crippen LogP) is 2.59. The number of unbranched alkanes of at least 4 members (excludes halogenated alkanes) is 6. The Balaban J connectivity index is 1.80. The van der Waals surface area contributed by atoms with Crippen LogP contribution in [0.2, 0.25) is 0 Å². The van der Waals surface area contributed by atoms with Crippen LogP contribution in [0.15, 0.2) is 0 Å². The summed E-state index contributed by atoms with van der Waals surface area (Å²) >= 11 is 0. The lowest BCUT2D eigenvalue weighted by atomic mass is 10.1. The lowest BCUT2D eigenvalue weighted by Gasteiger charge is -2.34. The summed E-state index contributed by atoms with van der Waals surface area (Å²) in [4.78, 5) is 12.9. The topological polar surface area (TPSA) is 29.5 Å². The maximum atomic E-state index is 11.2. The van der Waals surface area contributed by atoms with Crippen LogP contribution in [0.25, 0.3) is 0 Å². The van der Waals surface area contributed by atoms with Crippen molar-refractivity contribution in [2.75, 3.05) is 20.2 Å². The van der Waals surface area contributed by atoms with Crippen molar-refractivity contribution in [2.24, 2.45) is 0 Å². The summed E-state index contributed by atoms with van der Waals surface area (Å²) in [7, 11) is 1.82. The fraction of sp³-hybridized carbons (Fsp3) is 0.923. The Kier molecular flexibility index (Phi) is 6.46. The molecule has 0 aliphatic carbocycles. The van der Waals surface area contributed by atoms with E-state index in [0.717, 1.165) is 19.6 Å². The molecule has 0 spiro atoms. The number of likely N-dealkylation sites (tertiary alicyclic amines) is 1. The Morgan fingerprint density at radius 3 is 2.38 bits per heavy atom. The minimum absolute atomic E-state index is 0.134. The first-order chi connectivity index (χ1) is 7.75. The van der Waals surface area contributed by atoms with Crippen molar-refractivity contribution >= 4 is 5.91 Å². The largest absolute Gasteiger partial charge is 0.367 e. The van der Waals surface area contributed by atoms with E-state index in [1.807, 2.05) is 7.05 Å². The number of carbonyl (C=O) groups is 1. The Morgan fingerprint density at radius 1 is 1.19 bits per heavy atom. The third-order valence-electron chi connectivity index (χ3n) is 3.16. The Bertz CT molecular complexity index is 206. The van der Waals surface area contributed by atoms with Crippen LogP contribution in [0, 0.1) is 0 Å². The third kappa shape index (κ3) is 4.52.